The van der Waals surface area contributed by atoms with Gasteiger partial charge in [0.25, 0.3) is 0 Å². The Kier molecular flexibility index (Phi) is 4.09. The van der Waals surface area contributed by atoms with Gasteiger partial charge >= 0.3 is 0 Å². The fourth-order valence-electron chi connectivity index (χ4n) is 3.09. The van der Waals surface area contributed by atoms with E-state index >= 15 is 0 Å². The van der Waals surface area contributed by atoms with E-state index in [9.17, 15) is 0 Å². The SMILES string of the molecule is COc1ccc(Cc2noc([C@@H]3C[C@H]3c3cccnc3)n2)cc1OC. The van der Waals surface area contributed by atoms with Crippen molar-refractivity contribution < 1.29 is 14.0 Å². The molecule has 1 fully saturated rings. The Morgan fingerprint density at radius 2 is 2.00 bits per heavy atom. The highest BCUT2D eigenvalue weighted by atomic mass is 16.5. The van der Waals surface area contributed by atoms with Crippen molar-refractivity contribution in [1.29, 1.82) is 0 Å². The van der Waals surface area contributed by atoms with Crippen LogP contribution in [0.15, 0.2) is 47.2 Å². The van der Waals surface area contributed by atoms with Gasteiger partial charge in [-0.2, -0.15) is 4.98 Å². The van der Waals surface area contributed by atoms with Crippen LogP contribution < -0.4 is 9.47 Å². The maximum Gasteiger partial charge on any atom is 0.230 e. The van der Waals surface area contributed by atoms with Crippen LogP contribution in [0.25, 0.3) is 0 Å². The first kappa shape index (κ1) is 15.6. The van der Waals surface area contributed by atoms with Crippen molar-refractivity contribution in [2.75, 3.05) is 14.2 Å². The van der Waals surface area contributed by atoms with Crippen molar-refractivity contribution in [2.24, 2.45) is 0 Å². The van der Waals surface area contributed by atoms with Gasteiger partial charge in [-0.3, -0.25) is 4.98 Å². The molecule has 2 atom stereocenters. The number of hydrogen-bond donors (Lipinski definition) is 0. The van der Waals surface area contributed by atoms with Gasteiger partial charge in [0, 0.05) is 24.7 Å². The van der Waals surface area contributed by atoms with Gasteiger partial charge in [-0.15, -0.1) is 0 Å². The highest BCUT2D eigenvalue weighted by molar-refractivity contribution is 5.43. The van der Waals surface area contributed by atoms with Crippen LogP contribution in [0, 0.1) is 0 Å². The molecule has 1 aliphatic rings. The van der Waals surface area contributed by atoms with Crippen LogP contribution in [-0.4, -0.2) is 29.3 Å². The first-order valence-corrected chi connectivity index (χ1v) is 8.21. The van der Waals surface area contributed by atoms with Gasteiger partial charge in [0.2, 0.25) is 5.89 Å². The number of aromatic nitrogens is 3. The summed E-state index contributed by atoms with van der Waals surface area (Å²) in [5.74, 6) is 3.53. The molecule has 1 aromatic carbocycles. The van der Waals surface area contributed by atoms with Crippen molar-refractivity contribution in [3.8, 4) is 11.5 Å². The molecule has 2 aromatic heterocycles. The molecule has 4 rings (SSSR count). The molecule has 0 N–H and O–H groups in total. The van der Waals surface area contributed by atoms with Crippen LogP contribution in [0.5, 0.6) is 11.5 Å². The summed E-state index contributed by atoms with van der Waals surface area (Å²) < 4.78 is 16.1. The Labute approximate surface area is 145 Å². The van der Waals surface area contributed by atoms with E-state index in [4.69, 9.17) is 14.0 Å². The lowest BCUT2D eigenvalue weighted by molar-refractivity contribution is 0.354. The molecule has 6 heteroatoms. The van der Waals surface area contributed by atoms with Crippen molar-refractivity contribution in [3.63, 3.8) is 0 Å². The van der Waals surface area contributed by atoms with Gasteiger partial charge in [-0.1, -0.05) is 17.3 Å². The van der Waals surface area contributed by atoms with Gasteiger partial charge in [-0.25, -0.2) is 0 Å². The van der Waals surface area contributed by atoms with Crippen LogP contribution in [0.4, 0.5) is 0 Å². The predicted molar refractivity (Wildman–Crippen MR) is 91.0 cm³/mol. The number of hydrogen-bond acceptors (Lipinski definition) is 6. The summed E-state index contributed by atoms with van der Waals surface area (Å²) in [4.78, 5) is 8.75. The number of rotatable bonds is 6. The Morgan fingerprint density at radius 1 is 1.12 bits per heavy atom. The van der Waals surface area contributed by atoms with E-state index < -0.39 is 0 Å². The predicted octanol–water partition coefficient (Wildman–Crippen LogP) is 3.34. The molecular formula is C19H19N3O3. The molecule has 0 spiro atoms. The minimum absolute atomic E-state index is 0.302. The molecule has 0 radical (unpaired) electrons. The lowest BCUT2D eigenvalue weighted by Crippen LogP contribution is -1.95. The van der Waals surface area contributed by atoms with Gasteiger partial charge < -0.3 is 14.0 Å². The highest BCUT2D eigenvalue weighted by Crippen LogP contribution is 2.53. The Morgan fingerprint density at radius 3 is 2.76 bits per heavy atom. The third kappa shape index (κ3) is 3.20. The quantitative estimate of drug-likeness (QED) is 0.687. The van der Waals surface area contributed by atoms with E-state index in [1.165, 1.54) is 5.56 Å². The van der Waals surface area contributed by atoms with Crippen LogP contribution in [0.3, 0.4) is 0 Å². The zero-order chi connectivity index (χ0) is 17.2. The molecule has 0 amide bonds. The second kappa shape index (κ2) is 6.55. The zero-order valence-corrected chi connectivity index (χ0v) is 14.2. The van der Waals surface area contributed by atoms with Gasteiger partial charge in [0.1, 0.15) is 0 Å². The third-order valence-electron chi connectivity index (χ3n) is 4.51. The molecule has 0 unspecified atom stereocenters. The number of benzene rings is 1. The molecule has 128 valence electrons. The van der Waals surface area contributed by atoms with Crippen molar-refractivity contribution >= 4 is 0 Å². The van der Waals surface area contributed by atoms with Gasteiger partial charge in [-0.05, 0) is 41.7 Å². The Balaban J connectivity index is 1.46. The number of nitrogens with zero attached hydrogens (tertiary/aromatic N) is 3. The molecule has 2 heterocycles. The number of pyridine rings is 1. The Bertz CT molecular complexity index is 863. The van der Waals surface area contributed by atoms with E-state index in [0.29, 0.717) is 41.5 Å². The lowest BCUT2D eigenvalue weighted by atomic mass is 10.1. The summed E-state index contributed by atoms with van der Waals surface area (Å²) in [6.45, 7) is 0. The highest BCUT2D eigenvalue weighted by Gasteiger charge is 2.43. The second-order valence-corrected chi connectivity index (χ2v) is 6.15. The topological polar surface area (TPSA) is 70.3 Å². The normalized spacial score (nSPS) is 18.8. The fraction of sp³-hybridized carbons (Fsp3) is 0.316. The monoisotopic (exact) mass is 337 g/mol. The lowest BCUT2D eigenvalue weighted by Gasteiger charge is -2.08. The summed E-state index contributed by atoms with van der Waals surface area (Å²) in [5, 5.41) is 4.13. The zero-order valence-electron chi connectivity index (χ0n) is 14.2. The van der Waals surface area contributed by atoms with Crippen LogP contribution in [0.2, 0.25) is 0 Å². The molecule has 6 nitrogen and oxygen atoms in total. The van der Waals surface area contributed by atoms with Crippen LogP contribution in [-0.2, 0) is 6.42 Å². The molecule has 0 bridgehead atoms. The summed E-state index contributed by atoms with van der Waals surface area (Å²) in [6, 6.07) is 9.85. The van der Waals surface area contributed by atoms with Crippen molar-refractivity contribution in [2.45, 2.75) is 24.7 Å². The summed E-state index contributed by atoms with van der Waals surface area (Å²) >= 11 is 0. The van der Waals surface area contributed by atoms with E-state index in [0.717, 1.165) is 12.0 Å². The summed E-state index contributed by atoms with van der Waals surface area (Å²) in [5.41, 5.74) is 2.27. The first-order chi connectivity index (χ1) is 12.3. The fourth-order valence-corrected chi connectivity index (χ4v) is 3.09. The van der Waals surface area contributed by atoms with Crippen LogP contribution in [0.1, 0.15) is 41.1 Å². The maximum absolute atomic E-state index is 5.48. The standard InChI is InChI=1S/C19H19N3O3/c1-23-16-6-5-12(8-17(16)24-2)9-18-21-19(25-22-18)15-10-14(15)13-4-3-7-20-11-13/h3-8,11,14-15H,9-10H2,1-2H3/t14-,15+/m0/s1. The molecule has 25 heavy (non-hydrogen) atoms. The largest absolute Gasteiger partial charge is 0.493 e. The molecule has 0 saturated heterocycles. The number of ether oxygens (including phenoxy) is 2. The van der Waals surface area contributed by atoms with E-state index in [1.54, 1.807) is 20.4 Å². The second-order valence-electron chi connectivity index (χ2n) is 6.15. The van der Waals surface area contributed by atoms with E-state index in [1.807, 2.05) is 30.5 Å². The van der Waals surface area contributed by atoms with Gasteiger partial charge in [0.05, 0.1) is 14.2 Å². The summed E-state index contributed by atoms with van der Waals surface area (Å²) in [6.07, 6.45) is 5.32. The average molecular weight is 337 g/mol. The average Bonchev–Trinajstić information content (AvgIpc) is 3.34. The minimum atomic E-state index is 0.302. The Hall–Kier alpha value is -2.89. The minimum Gasteiger partial charge on any atom is -0.493 e. The first-order valence-electron chi connectivity index (χ1n) is 8.21. The smallest absolute Gasteiger partial charge is 0.230 e. The van der Waals surface area contributed by atoms with Crippen LogP contribution >= 0.6 is 0 Å². The van der Waals surface area contributed by atoms with Crippen molar-refractivity contribution in [3.05, 3.63) is 65.6 Å². The molecule has 3 aromatic rings. The summed E-state index contributed by atoms with van der Waals surface area (Å²) in [7, 11) is 3.25. The van der Waals surface area contributed by atoms with Crippen molar-refractivity contribution in [1.82, 2.24) is 15.1 Å². The third-order valence-corrected chi connectivity index (χ3v) is 4.51. The molecule has 1 aliphatic carbocycles. The molecular weight excluding hydrogens is 318 g/mol. The van der Waals surface area contributed by atoms with E-state index in [2.05, 4.69) is 21.2 Å². The molecule has 0 aliphatic heterocycles. The number of methoxy groups -OCH3 is 2. The molecule has 1 saturated carbocycles. The van der Waals surface area contributed by atoms with Gasteiger partial charge in [0.15, 0.2) is 17.3 Å². The maximum atomic E-state index is 5.48. The van der Waals surface area contributed by atoms with E-state index in [-0.39, 0.29) is 0 Å².